The molecule has 1 aromatic carbocycles. The van der Waals surface area contributed by atoms with Crippen LogP contribution in [-0.4, -0.2) is 30.8 Å². The number of rotatable bonds is 3. The molecule has 0 aliphatic carbocycles. The standard InChI is InChI=1S/C13H18F2N2O/c14-11-2-1-3-12(13(11)15)17-7-9(4-5-18)6-10(16)8-17/h1-3,9-10,18H,4-8,16H2. The lowest BCUT2D eigenvalue weighted by atomic mass is 9.92. The average molecular weight is 256 g/mol. The number of piperidine rings is 1. The van der Waals surface area contributed by atoms with Gasteiger partial charge in [-0.1, -0.05) is 6.07 Å². The van der Waals surface area contributed by atoms with Gasteiger partial charge < -0.3 is 15.7 Å². The summed E-state index contributed by atoms with van der Waals surface area (Å²) in [7, 11) is 0. The number of nitrogens with zero attached hydrogens (tertiary/aromatic N) is 1. The Balaban J connectivity index is 2.18. The minimum atomic E-state index is -0.842. The molecule has 3 N–H and O–H groups in total. The van der Waals surface area contributed by atoms with Crippen LogP contribution >= 0.6 is 0 Å². The molecule has 2 atom stereocenters. The molecule has 5 heteroatoms. The van der Waals surface area contributed by atoms with Crippen molar-refractivity contribution < 1.29 is 13.9 Å². The van der Waals surface area contributed by atoms with Crippen LogP contribution in [0.2, 0.25) is 0 Å². The lowest BCUT2D eigenvalue weighted by Gasteiger charge is -2.37. The van der Waals surface area contributed by atoms with Crippen LogP contribution < -0.4 is 10.6 Å². The summed E-state index contributed by atoms with van der Waals surface area (Å²) in [5, 5.41) is 8.97. The Kier molecular flexibility index (Phi) is 4.14. The Bertz CT molecular complexity index is 414. The number of nitrogens with two attached hydrogens (primary N) is 1. The van der Waals surface area contributed by atoms with Gasteiger partial charge in [-0.3, -0.25) is 0 Å². The number of aliphatic hydroxyl groups excluding tert-OH is 1. The average Bonchev–Trinajstić information content (AvgIpc) is 2.32. The summed E-state index contributed by atoms with van der Waals surface area (Å²) < 4.78 is 26.9. The minimum absolute atomic E-state index is 0.0713. The maximum absolute atomic E-state index is 13.7. The number of hydrogen-bond acceptors (Lipinski definition) is 3. The van der Waals surface area contributed by atoms with E-state index in [1.807, 2.05) is 0 Å². The van der Waals surface area contributed by atoms with Crippen LogP contribution in [0.3, 0.4) is 0 Å². The fourth-order valence-corrected chi connectivity index (χ4v) is 2.57. The van der Waals surface area contributed by atoms with Gasteiger partial charge in [0.25, 0.3) is 0 Å². The van der Waals surface area contributed by atoms with E-state index in [1.165, 1.54) is 6.07 Å². The number of anilines is 1. The van der Waals surface area contributed by atoms with Crippen LogP contribution in [0.15, 0.2) is 18.2 Å². The van der Waals surface area contributed by atoms with Crippen molar-refractivity contribution in [3.8, 4) is 0 Å². The van der Waals surface area contributed by atoms with Crippen LogP contribution in [0.5, 0.6) is 0 Å². The van der Waals surface area contributed by atoms with E-state index in [2.05, 4.69) is 0 Å². The largest absolute Gasteiger partial charge is 0.396 e. The van der Waals surface area contributed by atoms with Crippen LogP contribution in [0, 0.1) is 17.6 Å². The molecular weight excluding hydrogens is 238 g/mol. The normalized spacial score (nSPS) is 24.3. The number of halogens is 2. The molecule has 1 aliphatic heterocycles. The molecule has 0 bridgehead atoms. The zero-order chi connectivity index (χ0) is 13.1. The van der Waals surface area contributed by atoms with E-state index in [-0.39, 0.29) is 24.3 Å². The van der Waals surface area contributed by atoms with Gasteiger partial charge in [-0.15, -0.1) is 0 Å². The highest BCUT2D eigenvalue weighted by atomic mass is 19.2. The summed E-state index contributed by atoms with van der Waals surface area (Å²) in [5.41, 5.74) is 6.19. The first-order valence-corrected chi connectivity index (χ1v) is 6.17. The van der Waals surface area contributed by atoms with Gasteiger partial charge in [0.1, 0.15) is 0 Å². The molecule has 1 aliphatic rings. The van der Waals surface area contributed by atoms with Crippen LogP contribution in [0.1, 0.15) is 12.8 Å². The second-order valence-corrected chi connectivity index (χ2v) is 4.85. The molecule has 0 aromatic heterocycles. The van der Waals surface area contributed by atoms with Crippen molar-refractivity contribution in [2.75, 3.05) is 24.6 Å². The van der Waals surface area contributed by atoms with Crippen LogP contribution in [0.25, 0.3) is 0 Å². The predicted molar refractivity (Wildman–Crippen MR) is 66.4 cm³/mol. The van der Waals surface area contributed by atoms with E-state index < -0.39 is 11.6 Å². The lowest BCUT2D eigenvalue weighted by Crippen LogP contribution is -2.47. The molecule has 2 unspecified atom stereocenters. The van der Waals surface area contributed by atoms with Gasteiger partial charge in [0.05, 0.1) is 5.69 Å². The summed E-state index contributed by atoms with van der Waals surface area (Å²) in [4.78, 5) is 1.77. The Morgan fingerprint density at radius 3 is 2.83 bits per heavy atom. The van der Waals surface area contributed by atoms with E-state index in [0.717, 1.165) is 12.5 Å². The molecule has 1 saturated heterocycles. The predicted octanol–water partition coefficient (Wildman–Crippen LogP) is 1.50. The van der Waals surface area contributed by atoms with Crippen molar-refractivity contribution in [2.45, 2.75) is 18.9 Å². The first kappa shape index (κ1) is 13.2. The Morgan fingerprint density at radius 2 is 2.11 bits per heavy atom. The maximum Gasteiger partial charge on any atom is 0.182 e. The van der Waals surface area contributed by atoms with E-state index in [9.17, 15) is 8.78 Å². The summed E-state index contributed by atoms with van der Waals surface area (Å²) in [6, 6.07) is 4.09. The number of benzene rings is 1. The molecule has 0 amide bonds. The zero-order valence-corrected chi connectivity index (χ0v) is 10.1. The molecule has 3 nitrogen and oxygen atoms in total. The topological polar surface area (TPSA) is 49.5 Å². The summed E-state index contributed by atoms with van der Waals surface area (Å²) in [6.45, 7) is 1.22. The molecule has 2 rings (SSSR count). The molecule has 1 heterocycles. The van der Waals surface area contributed by atoms with Gasteiger partial charge in [0.15, 0.2) is 11.6 Å². The Hall–Kier alpha value is -1.20. The van der Waals surface area contributed by atoms with Crippen molar-refractivity contribution in [1.82, 2.24) is 0 Å². The van der Waals surface area contributed by atoms with Crippen molar-refractivity contribution in [2.24, 2.45) is 11.7 Å². The third-order valence-electron chi connectivity index (χ3n) is 3.38. The first-order chi connectivity index (χ1) is 8.61. The SMILES string of the molecule is NC1CC(CCO)CN(c2cccc(F)c2F)C1. The van der Waals surface area contributed by atoms with E-state index in [0.29, 0.717) is 19.5 Å². The highest BCUT2D eigenvalue weighted by molar-refractivity contribution is 5.48. The van der Waals surface area contributed by atoms with Crippen molar-refractivity contribution in [1.29, 1.82) is 0 Å². The van der Waals surface area contributed by atoms with Gasteiger partial charge in [-0.2, -0.15) is 0 Å². The molecule has 0 spiro atoms. The zero-order valence-electron chi connectivity index (χ0n) is 10.1. The molecule has 18 heavy (non-hydrogen) atoms. The summed E-state index contributed by atoms with van der Waals surface area (Å²) in [6.07, 6.45) is 1.45. The third kappa shape index (κ3) is 2.79. The number of aliphatic hydroxyl groups is 1. The summed E-state index contributed by atoms with van der Waals surface area (Å²) >= 11 is 0. The Morgan fingerprint density at radius 1 is 1.33 bits per heavy atom. The fourth-order valence-electron chi connectivity index (χ4n) is 2.57. The first-order valence-electron chi connectivity index (χ1n) is 6.17. The van der Waals surface area contributed by atoms with Gasteiger partial charge in [0, 0.05) is 25.7 Å². The minimum Gasteiger partial charge on any atom is -0.396 e. The summed E-state index contributed by atoms with van der Waals surface area (Å²) in [5.74, 6) is -1.44. The second kappa shape index (κ2) is 5.63. The maximum atomic E-state index is 13.7. The van der Waals surface area contributed by atoms with Gasteiger partial charge in [-0.25, -0.2) is 8.78 Å². The highest BCUT2D eigenvalue weighted by Crippen LogP contribution is 2.27. The van der Waals surface area contributed by atoms with Crippen molar-refractivity contribution in [3.63, 3.8) is 0 Å². The van der Waals surface area contributed by atoms with Gasteiger partial charge in [-0.05, 0) is 30.9 Å². The molecule has 1 fully saturated rings. The van der Waals surface area contributed by atoms with E-state index in [1.54, 1.807) is 11.0 Å². The smallest absolute Gasteiger partial charge is 0.182 e. The van der Waals surface area contributed by atoms with Crippen LogP contribution in [-0.2, 0) is 0 Å². The quantitative estimate of drug-likeness (QED) is 0.861. The van der Waals surface area contributed by atoms with Crippen molar-refractivity contribution >= 4 is 5.69 Å². The van der Waals surface area contributed by atoms with E-state index in [4.69, 9.17) is 10.8 Å². The van der Waals surface area contributed by atoms with Gasteiger partial charge >= 0.3 is 0 Å². The number of hydrogen-bond donors (Lipinski definition) is 2. The van der Waals surface area contributed by atoms with Gasteiger partial charge in [0.2, 0.25) is 0 Å². The third-order valence-corrected chi connectivity index (χ3v) is 3.38. The molecule has 0 radical (unpaired) electrons. The Labute approximate surface area is 105 Å². The lowest BCUT2D eigenvalue weighted by molar-refractivity contribution is 0.238. The van der Waals surface area contributed by atoms with Crippen LogP contribution in [0.4, 0.5) is 14.5 Å². The molecule has 1 aromatic rings. The van der Waals surface area contributed by atoms with Crippen molar-refractivity contribution in [3.05, 3.63) is 29.8 Å². The molecule has 0 saturated carbocycles. The molecular formula is C13H18F2N2O. The highest BCUT2D eigenvalue weighted by Gasteiger charge is 2.26. The second-order valence-electron chi connectivity index (χ2n) is 4.85. The fraction of sp³-hybridized carbons (Fsp3) is 0.538. The van der Waals surface area contributed by atoms with E-state index >= 15 is 0 Å². The molecule has 100 valence electrons. The monoisotopic (exact) mass is 256 g/mol.